The summed E-state index contributed by atoms with van der Waals surface area (Å²) < 4.78 is 22.0. The van der Waals surface area contributed by atoms with E-state index >= 15 is 0 Å². The van der Waals surface area contributed by atoms with Gasteiger partial charge in [-0.05, 0) is 48.5 Å². The zero-order valence-corrected chi connectivity index (χ0v) is 16.2. The molecule has 0 aliphatic carbocycles. The van der Waals surface area contributed by atoms with Crippen molar-refractivity contribution in [3.05, 3.63) is 54.1 Å². The van der Waals surface area contributed by atoms with Gasteiger partial charge in [0.2, 0.25) is 0 Å². The van der Waals surface area contributed by atoms with Crippen LogP contribution >= 0.6 is 0 Å². The monoisotopic (exact) mass is 383 g/mol. The van der Waals surface area contributed by atoms with Crippen molar-refractivity contribution in [3.8, 4) is 17.2 Å². The van der Waals surface area contributed by atoms with Gasteiger partial charge in [-0.1, -0.05) is 0 Å². The van der Waals surface area contributed by atoms with E-state index in [-0.39, 0.29) is 11.3 Å². The first-order chi connectivity index (χ1) is 13.6. The number of rotatable bonds is 6. The van der Waals surface area contributed by atoms with Crippen LogP contribution in [0.1, 0.15) is 10.4 Å². The standard InChI is InChI=1S/C22H25NO5/c1-25-14-22-13-23(11-17(22)12-27-15-22)21(24)16-3-5-19(6-4-16)28-20-9-7-18(26-2)8-10-20/h3-10,17H,11-15H2,1-2H3/t17-,22-/m0/s1. The van der Waals surface area contributed by atoms with Crippen LogP contribution in [0, 0.1) is 11.3 Å². The van der Waals surface area contributed by atoms with E-state index in [1.165, 1.54) is 0 Å². The highest BCUT2D eigenvalue weighted by Crippen LogP contribution is 2.42. The molecule has 0 unspecified atom stereocenters. The van der Waals surface area contributed by atoms with Crippen molar-refractivity contribution in [1.29, 1.82) is 0 Å². The Morgan fingerprint density at radius 3 is 2.36 bits per heavy atom. The molecule has 2 saturated heterocycles. The molecule has 28 heavy (non-hydrogen) atoms. The van der Waals surface area contributed by atoms with Crippen LogP contribution in [0.25, 0.3) is 0 Å². The number of hydrogen-bond donors (Lipinski definition) is 0. The van der Waals surface area contributed by atoms with Crippen molar-refractivity contribution in [2.45, 2.75) is 0 Å². The fraction of sp³-hybridized carbons (Fsp3) is 0.409. The molecular weight excluding hydrogens is 358 g/mol. The molecule has 0 aromatic heterocycles. The third-order valence-corrected chi connectivity index (χ3v) is 5.64. The summed E-state index contributed by atoms with van der Waals surface area (Å²) in [5.74, 6) is 2.56. The highest BCUT2D eigenvalue weighted by Gasteiger charge is 2.51. The number of methoxy groups -OCH3 is 2. The smallest absolute Gasteiger partial charge is 0.253 e. The molecule has 0 spiro atoms. The Bertz CT molecular complexity index is 820. The second-order valence-corrected chi connectivity index (χ2v) is 7.50. The quantitative estimate of drug-likeness (QED) is 0.767. The average Bonchev–Trinajstić information content (AvgIpc) is 3.26. The fourth-order valence-electron chi connectivity index (χ4n) is 4.11. The summed E-state index contributed by atoms with van der Waals surface area (Å²) in [6.45, 7) is 3.36. The number of carbonyl (C=O) groups is 1. The van der Waals surface area contributed by atoms with Crippen LogP contribution in [0.3, 0.4) is 0 Å². The Morgan fingerprint density at radius 1 is 1.07 bits per heavy atom. The number of likely N-dealkylation sites (tertiary alicyclic amines) is 1. The third-order valence-electron chi connectivity index (χ3n) is 5.64. The SMILES string of the molecule is COC[C@@]12COC[C@@H]1CN(C(=O)c1ccc(Oc3ccc(OC)cc3)cc1)C2. The summed E-state index contributed by atoms with van der Waals surface area (Å²) in [6.07, 6.45) is 0. The van der Waals surface area contributed by atoms with E-state index < -0.39 is 0 Å². The van der Waals surface area contributed by atoms with E-state index in [9.17, 15) is 4.79 Å². The van der Waals surface area contributed by atoms with Crippen molar-refractivity contribution in [3.63, 3.8) is 0 Å². The van der Waals surface area contributed by atoms with E-state index in [0.29, 0.717) is 55.9 Å². The Labute approximate surface area is 165 Å². The second kappa shape index (κ2) is 7.81. The van der Waals surface area contributed by atoms with Gasteiger partial charge in [-0.15, -0.1) is 0 Å². The maximum Gasteiger partial charge on any atom is 0.253 e. The molecule has 2 heterocycles. The fourth-order valence-corrected chi connectivity index (χ4v) is 4.11. The van der Waals surface area contributed by atoms with E-state index in [1.54, 1.807) is 14.2 Å². The predicted octanol–water partition coefficient (Wildman–Crippen LogP) is 3.22. The van der Waals surface area contributed by atoms with Crippen LogP contribution < -0.4 is 9.47 Å². The highest BCUT2D eigenvalue weighted by molar-refractivity contribution is 5.94. The van der Waals surface area contributed by atoms with Crippen molar-refractivity contribution < 1.29 is 23.7 Å². The van der Waals surface area contributed by atoms with Gasteiger partial charge in [0.1, 0.15) is 17.2 Å². The van der Waals surface area contributed by atoms with E-state index in [1.807, 2.05) is 53.4 Å². The molecule has 4 rings (SSSR count). The number of nitrogens with zero attached hydrogens (tertiary/aromatic N) is 1. The van der Waals surface area contributed by atoms with Crippen LogP contribution in [0.15, 0.2) is 48.5 Å². The maximum absolute atomic E-state index is 13.0. The van der Waals surface area contributed by atoms with Gasteiger partial charge in [0.05, 0.1) is 26.9 Å². The molecule has 6 heteroatoms. The zero-order valence-electron chi connectivity index (χ0n) is 16.2. The van der Waals surface area contributed by atoms with Crippen LogP contribution in [-0.4, -0.2) is 57.9 Å². The molecule has 0 N–H and O–H groups in total. The first kappa shape index (κ1) is 18.8. The Kier molecular flexibility index (Phi) is 5.24. The number of carbonyl (C=O) groups excluding carboxylic acids is 1. The van der Waals surface area contributed by atoms with Crippen LogP contribution in [0.2, 0.25) is 0 Å². The lowest BCUT2D eigenvalue weighted by molar-refractivity contribution is 0.0489. The van der Waals surface area contributed by atoms with Gasteiger partial charge in [0, 0.05) is 37.1 Å². The third kappa shape index (κ3) is 3.57. The first-order valence-corrected chi connectivity index (χ1v) is 9.41. The number of fused-ring (bicyclic) bond motifs is 1. The molecule has 1 amide bonds. The Morgan fingerprint density at radius 2 is 1.71 bits per heavy atom. The molecule has 2 aromatic rings. The van der Waals surface area contributed by atoms with E-state index in [4.69, 9.17) is 18.9 Å². The highest BCUT2D eigenvalue weighted by atomic mass is 16.5. The van der Waals surface area contributed by atoms with Gasteiger partial charge >= 0.3 is 0 Å². The first-order valence-electron chi connectivity index (χ1n) is 9.41. The van der Waals surface area contributed by atoms with Gasteiger partial charge < -0.3 is 23.8 Å². The van der Waals surface area contributed by atoms with E-state index in [0.717, 1.165) is 5.75 Å². The summed E-state index contributed by atoms with van der Waals surface area (Å²) in [4.78, 5) is 14.9. The average molecular weight is 383 g/mol. The zero-order chi connectivity index (χ0) is 19.6. The minimum atomic E-state index is -0.0676. The second-order valence-electron chi connectivity index (χ2n) is 7.50. The van der Waals surface area contributed by atoms with Crippen LogP contribution in [0.5, 0.6) is 17.2 Å². The van der Waals surface area contributed by atoms with Gasteiger partial charge in [0.25, 0.3) is 5.91 Å². The molecule has 0 radical (unpaired) electrons. The van der Waals surface area contributed by atoms with Crippen LogP contribution in [0.4, 0.5) is 0 Å². The molecule has 2 atom stereocenters. The number of ether oxygens (including phenoxy) is 4. The molecule has 2 aliphatic heterocycles. The van der Waals surface area contributed by atoms with Gasteiger partial charge in [-0.2, -0.15) is 0 Å². The largest absolute Gasteiger partial charge is 0.497 e. The number of hydrogen-bond acceptors (Lipinski definition) is 5. The minimum Gasteiger partial charge on any atom is -0.497 e. The number of benzene rings is 2. The molecule has 0 bridgehead atoms. The summed E-state index contributed by atoms with van der Waals surface area (Å²) >= 11 is 0. The molecule has 2 aromatic carbocycles. The lowest BCUT2D eigenvalue weighted by Gasteiger charge is -2.26. The Hall–Kier alpha value is -2.57. The van der Waals surface area contributed by atoms with E-state index in [2.05, 4.69) is 0 Å². The summed E-state index contributed by atoms with van der Waals surface area (Å²) in [5.41, 5.74) is 0.595. The minimum absolute atomic E-state index is 0.0425. The molecule has 148 valence electrons. The van der Waals surface area contributed by atoms with Crippen molar-refractivity contribution >= 4 is 5.91 Å². The van der Waals surface area contributed by atoms with Gasteiger partial charge in [-0.25, -0.2) is 0 Å². The van der Waals surface area contributed by atoms with Crippen LogP contribution in [-0.2, 0) is 9.47 Å². The Balaban J connectivity index is 1.41. The topological polar surface area (TPSA) is 57.2 Å². The van der Waals surface area contributed by atoms with Gasteiger partial charge in [0.15, 0.2) is 0 Å². The summed E-state index contributed by atoms with van der Waals surface area (Å²) in [6, 6.07) is 14.7. The predicted molar refractivity (Wildman–Crippen MR) is 104 cm³/mol. The molecule has 0 saturated carbocycles. The van der Waals surface area contributed by atoms with Gasteiger partial charge in [-0.3, -0.25) is 4.79 Å². The number of amides is 1. The van der Waals surface area contributed by atoms with Crippen molar-refractivity contribution in [2.24, 2.45) is 11.3 Å². The molecule has 2 fully saturated rings. The maximum atomic E-state index is 13.0. The molecule has 2 aliphatic rings. The van der Waals surface area contributed by atoms with Crippen molar-refractivity contribution in [1.82, 2.24) is 4.90 Å². The molecule has 6 nitrogen and oxygen atoms in total. The normalized spacial score (nSPS) is 23.5. The molecular formula is C22H25NO5. The lowest BCUT2D eigenvalue weighted by Crippen LogP contribution is -2.37. The lowest BCUT2D eigenvalue weighted by atomic mass is 9.82. The summed E-state index contributed by atoms with van der Waals surface area (Å²) in [5, 5.41) is 0. The van der Waals surface area contributed by atoms with Crippen molar-refractivity contribution in [2.75, 3.05) is 47.1 Å². The summed E-state index contributed by atoms with van der Waals surface area (Å²) in [7, 11) is 3.33.